The van der Waals surface area contributed by atoms with Gasteiger partial charge in [-0.15, -0.1) is 0 Å². The third-order valence-corrected chi connectivity index (χ3v) is 4.55. The molecule has 3 rings (SSSR count). The van der Waals surface area contributed by atoms with Crippen LogP contribution in [0, 0.1) is 5.92 Å². The lowest BCUT2D eigenvalue weighted by Gasteiger charge is -2.36. The van der Waals surface area contributed by atoms with Gasteiger partial charge in [0.25, 0.3) is 0 Å². The van der Waals surface area contributed by atoms with Crippen molar-refractivity contribution in [3.8, 4) is 0 Å². The molecule has 3 atom stereocenters. The number of nitrogens with one attached hydrogen (secondary N) is 1. The number of halogens is 1. The molecule has 22 heavy (non-hydrogen) atoms. The van der Waals surface area contributed by atoms with Gasteiger partial charge in [0.15, 0.2) is 0 Å². The number of carboxylic acid groups (broad SMARTS) is 1. The number of hydrogen-bond acceptors (Lipinski definition) is 4. The third kappa shape index (κ3) is 2.25. The van der Waals surface area contributed by atoms with Crippen molar-refractivity contribution in [2.24, 2.45) is 5.92 Å². The predicted molar refractivity (Wildman–Crippen MR) is 82.4 cm³/mol. The molecule has 0 fully saturated rings. The fourth-order valence-electron chi connectivity index (χ4n) is 3.33. The van der Waals surface area contributed by atoms with Crippen LogP contribution in [0.4, 0.5) is 5.69 Å². The van der Waals surface area contributed by atoms with Gasteiger partial charge in [-0.05, 0) is 31.0 Å². The number of fused-ring (bicyclic) bond motifs is 3. The monoisotopic (exact) mass is 321 g/mol. The van der Waals surface area contributed by atoms with Gasteiger partial charge in [0.1, 0.15) is 6.04 Å². The van der Waals surface area contributed by atoms with Crippen LogP contribution < -0.4 is 5.32 Å². The number of aromatic carboxylic acids is 1. The highest BCUT2D eigenvalue weighted by Gasteiger charge is 2.43. The minimum Gasteiger partial charge on any atom is -0.478 e. The Bertz CT molecular complexity index is 670. The van der Waals surface area contributed by atoms with E-state index in [2.05, 4.69) is 5.32 Å². The number of ether oxygens (including phenoxy) is 1. The molecule has 2 aliphatic rings. The summed E-state index contributed by atoms with van der Waals surface area (Å²) in [5.74, 6) is -1.52. The Morgan fingerprint density at radius 2 is 2.23 bits per heavy atom. The van der Waals surface area contributed by atoms with Gasteiger partial charge in [-0.1, -0.05) is 23.8 Å². The van der Waals surface area contributed by atoms with Crippen molar-refractivity contribution in [2.45, 2.75) is 25.3 Å². The lowest BCUT2D eigenvalue weighted by Crippen LogP contribution is -2.43. The number of rotatable bonds is 3. The van der Waals surface area contributed by atoms with Crippen LogP contribution in [0.5, 0.6) is 0 Å². The van der Waals surface area contributed by atoms with E-state index in [-0.39, 0.29) is 23.4 Å². The first-order chi connectivity index (χ1) is 10.5. The molecular formula is C16H16ClNO4. The van der Waals surface area contributed by atoms with Crippen LogP contribution in [0.15, 0.2) is 24.3 Å². The van der Waals surface area contributed by atoms with E-state index in [1.165, 1.54) is 12.1 Å². The maximum atomic E-state index is 12.2. The Balaban J connectivity index is 2.11. The van der Waals surface area contributed by atoms with Crippen LogP contribution in [0.3, 0.4) is 0 Å². The van der Waals surface area contributed by atoms with Crippen molar-refractivity contribution >= 4 is 29.2 Å². The molecule has 0 bridgehead atoms. The summed E-state index contributed by atoms with van der Waals surface area (Å²) in [6, 6.07) is 2.53. The maximum Gasteiger partial charge on any atom is 0.336 e. The van der Waals surface area contributed by atoms with E-state index in [9.17, 15) is 14.7 Å². The van der Waals surface area contributed by atoms with Gasteiger partial charge in [-0.3, -0.25) is 0 Å². The number of esters is 1. The van der Waals surface area contributed by atoms with Crippen LogP contribution >= 0.6 is 11.6 Å². The molecule has 0 saturated carbocycles. The zero-order valence-electron chi connectivity index (χ0n) is 12.0. The number of anilines is 1. The first-order valence-corrected chi connectivity index (χ1v) is 7.58. The van der Waals surface area contributed by atoms with E-state index >= 15 is 0 Å². The molecule has 0 amide bonds. The average Bonchev–Trinajstić information content (AvgIpc) is 2.96. The Morgan fingerprint density at radius 3 is 2.91 bits per heavy atom. The molecule has 0 saturated heterocycles. The first kappa shape index (κ1) is 14.9. The minimum atomic E-state index is -0.997. The molecule has 1 aromatic carbocycles. The number of benzene rings is 1. The zero-order chi connectivity index (χ0) is 15.9. The first-order valence-electron chi connectivity index (χ1n) is 7.20. The minimum absolute atomic E-state index is 0.0527. The highest BCUT2D eigenvalue weighted by molar-refractivity contribution is 6.33. The van der Waals surface area contributed by atoms with Crippen molar-refractivity contribution in [1.29, 1.82) is 0 Å². The highest BCUT2D eigenvalue weighted by atomic mass is 35.5. The largest absolute Gasteiger partial charge is 0.478 e. The molecule has 5 nitrogen and oxygen atoms in total. The standard InChI is InChI=1S/C16H16ClNO4/c1-2-22-16(21)13-9-5-3-4-8(9)12-10(15(19)20)6-7-11(17)14(12)18-13/h3-4,6-9,13,18H,2,5H2,1H3,(H,19,20)/t8-,9-,13+/m0/s1. The van der Waals surface area contributed by atoms with Gasteiger partial charge >= 0.3 is 11.9 Å². The van der Waals surface area contributed by atoms with Crippen molar-refractivity contribution in [3.05, 3.63) is 40.4 Å². The van der Waals surface area contributed by atoms with E-state index in [4.69, 9.17) is 16.3 Å². The average molecular weight is 322 g/mol. The Morgan fingerprint density at radius 1 is 1.45 bits per heavy atom. The van der Waals surface area contributed by atoms with E-state index in [0.717, 1.165) is 0 Å². The highest BCUT2D eigenvalue weighted by Crippen LogP contribution is 2.48. The second-order valence-corrected chi connectivity index (χ2v) is 5.82. The van der Waals surface area contributed by atoms with Gasteiger partial charge in [0.05, 0.1) is 22.9 Å². The summed E-state index contributed by atoms with van der Waals surface area (Å²) in [6.07, 6.45) is 4.64. The lowest BCUT2D eigenvalue weighted by molar-refractivity contribution is -0.145. The Labute approximate surface area is 132 Å². The topological polar surface area (TPSA) is 75.6 Å². The summed E-state index contributed by atoms with van der Waals surface area (Å²) >= 11 is 6.22. The maximum absolute atomic E-state index is 12.2. The molecule has 1 heterocycles. The summed E-state index contributed by atoms with van der Waals surface area (Å²) in [7, 11) is 0. The number of allylic oxidation sites excluding steroid dienone is 2. The van der Waals surface area contributed by atoms with Crippen LogP contribution in [0.2, 0.25) is 5.02 Å². The molecule has 1 aliphatic carbocycles. The molecule has 0 spiro atoms. The van der Waals surface area contributed by atoms with Crippen LogP contribution in [-0.2, 0) is 9.53 Å². The van der Waals surface area contributed by atoms with Crippen LogP contribution in [0.25, 0.3) is 0 Å². The molecule has 1 aliphatic heterocycles. The number of carbonyl (C=O) groups is 2. The van der Waals surface area contributed by atoms with Crippen molar-refractivity contribution in [1.82, 2.24) is 0 Å². The molecule has 0 aromatic heterocycles. The van der Waals surface area contributed by atoms with Crippen molar-refractivity contribution in [3.63, 3.8) is 0 Å². The fraction of sp³-hybridized carbons (Fsp3) is 0.375. The molecule has 2 N–H and O–H groups in total. The van der Waals surface area contributed by atoms with Crippen molar-refractivity contribution < 1.29 is 19.4 Å². The Hall–Kier alpha value is -2.01. The van der Waals surface area contributed by atoms with Gasteiger partial charge in [-0.2, -0.15) is 0 Å². The van der Waals surface area contributed by atoms with E-state index in [1.54, 1.807) is 6.92 Å². The molecular weight excluding hydrogens is 306 g/mol. The summed E-state index contributed by atoms with van der Waals surface area (Å²) in [4.78, 5) is 23.7. The summed E-state index contributed by atoms with van der Waals surface area (Å²) in [5, 5.41) is 12.9. The second kappa shape index (κ2) is 5.65. The third-order valence-electron chi connectivity index (χ3n) is 4.24. The molecule has 1 aromatic rings. The molecule has 116 valence electrons. The second-order valence-electron chi connectivity index (χ2n) is 5.42. The summed E-state index contributed by atoms with van der Waals surface area (Å²) in [6.45, 7) is 2.06. The number of carboxylic acids is 1. The predicted octanol–water partition coefficient (Wildman–Crippen LogP) is 3.06. The smallest absolute Gasteiger partial charge is 0.336 e. The van der Waals surface area contributed by atoms with Gasteiger partial charge in [0, 0.05) is 11.8 Å². The fourth-order valence-corrected chi connectivity index (χ4v) is 3.55. The SMILES string of the molecule is CCOC(=O)[C@@H]1Nc2c(Cl)ccc(C(=O)O)c2[C@H]2C=CC[C@@H]21. The molecule has 6 heteroatoms. The van der Waals surface area contributed by atoms with Gasteiger partial charge in [0.2, 0.25) is 0 Å². The van der Waals surface area contributed by atoms with E-state index in [1.807, 2.05) is 12.2 Å². The molecule has 0 unspecified atom stereocenters. The van der Waals surface area contributed by atoms with Crippen LogP contribution in [-0.4, -0.2) is 29.7 Å². The van der Waals surface area contributed by atoms with Gasteiger partial charge in [-0.25, -0.2) is 9.59 Å². The normalized spacial score (nSPS) is 25.1. The number of hydrogen-bond donors (Lipinski definition) is 2. The summed E-state index contributed by atoms with van der Waals surface area (Å²) in [5.41, 5.74) is 1.39. The zero-order valence-corrected chi connectivity index (χ0v) is 12.8. The lowest BCUT2D eigenvalue weighted by atomic mass is 9.77. The molecule has 0 radical (unpaired) electrons. The van der Waals surface area contributed by atoms with Gasteiger partial charge < -0.3 is 15.2 Å². The Kier molecular flexibility index (Phi) is 3.83. The quantitative estimate of drug-likeness (QED) is 0.661. The van der Waals surface area contributed by atoms with Crippen LogP contribution in [0.1, 0.15) is 35.2 Å². The number of carbonyl (C=O) groups excluding carboxylic acids is 1. The van der Waals surface area contributed by atoms with E-state index in [0.29, 0.717) is 29.3 Å². The summed E-state index contributed by atoms with van der Waals surface area (Å²) < 4.78 is 5.13. The van der Waals surface area contributed by atoms with Crippen molar-refractivity contribution in [2.75, 3.05) is 11.9 Å². The van der Waals surface area contributed by atoms with E-state index < -0.39 is 12.0 Å².